The van der Waals surface area contributed by atoms with Crippen molar-refractivity contribution in [2.75, 3.05) is 19.6 Å². The van der Waals surface area contributed by atoms with E-state index in [4.69, 9.17) is 5.11 Å². The second-order valence-corrected chi connectivity index (χ2v) is 6.75. The second kappa shape index (κ2) is 8.95. The van der Waals surface area contributed by atoms with E-state index in [1.165, 1.54) is 18.2 Å². The first-order valence-corrected chi connectivity index (χ1v) is 8.44. The maximum atomic E-state index is 12.2. The van der Waals surface area contributed by atoms with E-state index in [1.54, 1.807) is 10.4 Å². The van der Waals surface area contributed by atoms with Crippen LogP contribution in [0, 0.1) is 5.92 Å². The number of rotatable bonds is 9. The van der Waals surface area contributed by atoms with Crippen molar-refractivity contribution in [2.24, 2.45) is 5.92 Å². The van der Waals surface area contributed by atoms with Crippen LogP contribution in [0.4, 0.5) is 13.2 Å². The third-order valence-electron chi connectivity index (χ3n) is 3.51. The summed E-state index contributed by atoms with van der Waals surface area (Å²) in [5.41, 5.74) is 0. The van der Waals surface area contributed by atoms with E-state index in [2.05, 4.69) is 15.4 Å². The Hall–Kier alpha value is -2.47. The molecule has 1 aromatic carbocycles. The van der Waals surface area contributed by atoms with Gasteiger partial charge in [0.15, 0.2) is 0 Å². The van der Waals surface area contributed by atoms with Crippen molar-refractivity contribution in [1.82, 2.24) is 14.9 Å². The third kappa shape index (κ3) is 6.64. The lowest BCUT2D eigenvalue weighted by Crippen LogP contribution is -2.55. The van der Waals surface area contributed by atoms with E-state index in [-0.39, 0.29) is 12.3 Å². The minimum Gasteiger partial charge on any atom is -0.480 e. The normalized spacial score (nSPS) is 16.1. The number of halogens is 3. The first-order chi connectivity index (χ1) is 12.7. The Bertz CT molecular complexity index is 698. The molecule has 1 unspecified atom stereocenters. The number of aliphatic carboxylic acids is 1. The molecule has 1 aliphatic rings. The summed E-state index contributed by atoms with van der Waals surface area (Å²) in [5, 5.41) is 13.5. The fraction of sp³-hybridized carbons (Fsp3) is 0.400. The number of carboxylic acids is 1. The average molecular weight is 407 g/mol. The SMILES string of the molecule is O=CNCC(NC(=O)C1CN(Sc2cccc(OC(F)(F)F)c2)C1)C(=O)O. The second-order valence-electron chi connectivity index (χ2n) is 5.58. The number of carbonyl (C=O) groups is 3. The number of hydrogen-bond donors (Lipinski definition) is 3. The van der Waals surface area contributed by atoms with E-state index >= 15 is 0 Å². The van der Waals surface area contributed by atoms with E-state index in [0.29, 0.717) is 24.4 Å². The molecule has 1 atom stereocenters. The van der Waals surface area contributed by atoms with Crippen LogP contribution in [0.15, 0.2) is 29.2 Å². The molecule has 1 aromatic rings. The zero-order valence-electron chi connectivity index (χ0n) is 13.7. The first-order valence-electron chi connectivity index (χ1n) is 7.67. The highest BCUT2D eigenvalue weighted by molar-refractivity contribution is 7.97. The van der Waals surface area contributed by atoms with Crippen LogP contribution in [0.2, 0.25) is 0 Å². The monoisotopic (exact) mass is 407 g/mol. The molecule has 0 spiro atoms. The molecule has 0 radical (unpaired) electrons. The van der Waals surface area contributed by atoms with Gasteiger partial charge in [0.25, 0.3) is 0 Å². The summed E-state index contributed by atoms with van der Waals surface area (Å²) in [7, 11) is 0. The smallest absolute Gasteiger partial charge is 0.480 e. The van der Waals surface area contributed by atoms with Gasteiger partial charge in [-0.05, 0) is 30.1 Å². The topological polar surface area (TPSA) is 108 Å². The van der Waals surface area contributed by atoms with Crippen LogP contribution in [0.1, 0.15) is 0 Å². The number of carboxylic acid groups (broad SMARTS) is 1. The molecule has 148 valence electrons. The van der Waals surface area contributed by atoms with Crippen molar-refractivity contribution in [3.05, 3.63) is 24.3 Å². The lowest BCUT2D eigenvalue weighted by molar-refractivity contribution is -0.274. The molecule has 27 heavy (non-hydrogen) atoms. The van der Waals surface area contributed by atoms with Crippen LogP contribution in [0.3, 0.4) is 0 Å². The minimum atomic E-state index is -4.78. The van der Waals surface area contributed by atoms with E-state index in [9.17, 15) is 27.6 Å². The summed E-state index contributed by atoms with van der Waals surface area (Å²) >= 11 is 1.16. The van der Waals surface area contributed by atoms with Crippen molar-refractivity contribution in [2.45, 2.75) is 17.3 Å². The molecule has 2 rings (SSSR count). The van der Waals surface area contributed by atoms with Crippen LogP contribution in [0.5, 0.6) is 5.75 Å². The van der Waals surface area contributed by atoms with Gasteiger partial charge in [-0.3, -0.25) is 9.59 Å². The van der Waals surface area contributed by atoms with Gasteiger partial charge in [0, 0.05) is 24.5 Å². The fourth-order valence-corrected chi connectivity index (χ4v) is 3.33. The predicted octanol–water partition coefficient (Wildman–Crippen LogP) is 0.839. The Morgan fingerprint density at radius 1 is 1.41 bits per heavy atom. The largest absolute Gasteiger partial charge is 0.573 e. The predicted molar refractivity (Wildman–Crippen MR) is 87.7 cm³/mol. The number of nitrogens with zero attached hydrogens (tertiary/aromatic N) is 1. The van der Waals surface area contributed by atoms with Crippen molar-refractivity contribution < 1.29 is 37.4 Å². The zero-order chi connectivity index (χ0) is 20.0. The molecule has 0 aliphatic carbocycles. The van der Waals surface area contributed by atoms with E-state index in [0.717, 1.165) is 11.9 Å². The molecule has 1 saturated heterocycles. The Morgan fingerprint density at radius 2 is 2.11 bits per heavy atom. The number of amides is 2. The summed E-state index contributed by atoms with van der Waals surface area (Å²) in [6.45, 7) is 0.365. The fourth-order valence-electron chi connectivity index (χ4n) is 2.21. The average Bonchev–Trinajstić information content (AvgIpc) is 2.52. The quantitative estimate of drug-likeness (QED) is 0.411. The maximum Gasteiger partial charge on any atom is 0.573 e. The van der Waals surface area contributed by atoms with E-state index in [1.807, 2.05) is 0 Å². The summed E-state index contributed by atoms with van der Waals surface area (Å²) in [6, 6.07) is 4.21. The molecule has 0 saturated carbocycles. The highest BCUT2D eigenvalue weighted by atomic mass is 32.2. The Kier molecular flexibility index (Phi) is 6.91. The summed E-state index contributed by atoms with van der Waals surface area (Å²) in [6.07, 6.45) is -4.44. The van der Waals surface area contributed by atoms with Gasteiger partial charge < -0.3 is 20.5 Å². The van der Waals surface area contributed by atoms with Gasteiger partial charge in [-0.15, -0.1) is 13.2 Å². The molecule has 2 amide bonds. The van der Waals surface area contributed by atoms with Gasteiger partial charge in [-0.1, -0.05) is 6.07 Å². The molecule has 3 N–H and O–H groups in total. The molecule has 8 nitrogen and oxygen atoms in total. The van der Waals surface area contributed by atoms with Crippen LogP contribution in [-0.4, -0.2) is 59.7 Å². The van der Waals surface area contributed by atoms with Crippen LogP contribution in [0.25, 0.3) is 0 Å². The number of nitrogens with one attached hydrogen (secondary N) is 2. The van der Waals surface area contributed by atoms with Gasteiger partial charge in [0.2, 0.25) is 12.3 Å². The molecule has 0 bridgehead atoms. The third-order valence-corrected chi connectivity index (χ3v) is 4.53. The van der Waals surface area contributed by atoms with Crippen molar-refractivity contribution in [3.63, 3.8) is 0 Å². The van der Waals surface area contributed by atoms with Crippen molar-refractivity contribution in [1.29, 1.82) is 0 Å². The minimum absolute atomic E-state index is 0.234. The van der Waals surface area contributed by atoms with Crippen molar-refractivity contribution in [3.8, 4) is 5.75 Å². The Morgan fingerprint density at radius 3 is 2.70 bits per heavy atom. The van der Waals surface area contributed by atoms with Crippen molar-refractivity contribution >= 4 is 30.2 Å². The van der Waals surface area contributed by atoms with Crippen LogP contribution >= 0.6 is 11.9 Å². The number of hydrogen-bond acceptors (Lipinski definition) is 6. The van der Waals surface area contributed by atoms with Gasteiger partial charge in [-0.2, -0.15) is 0 Å². The van der Waals surface area contributed by atoms with Gasteiger partial charge in [0.1, 0.15) is 11.8 Å². The number of carbonyl (C=O) groups excluding carboxylic acids is 2. The lowest BCUT2D eigenvalue weighted by atomic mass is 10.0. The Balaban J connectivity index is 1.82. The standard InChI is InChI=1S/C15H16F3N3O5S/c16-15(17,18)26-10-2-1-3-11(4-10)27-21-6-9(7-21)13(23)20-12(14(24)25)5-19-8-22/h1-4,8-9,12H,5-7H2,(H,19,22)(H,20,23)(H,24,25). The molecule has 0 aromatic heterocycles. The highest BCUT2D eigenvalue weighted by Gasteiger charge is 2.35. The van der Waals surface area contributed by atoms with Crippen LogP contribution < -0.4 is 15.4 Å². The maximum absolute atomic E-state index is 12.2. The molecular weight excluding hydrogens is 391 g/mol. The molecule has 12 heteroatoms. The molecule has 1 fully saturated rings. The number of ether oxygens (including phenoxy) is 1. The first kappa shape index (κ1) is 20.8. The van der Waals surface area contributed by atoms with Gasteiger partial charge in [0.05, 0.1) is 5.92 Å². The van der Waals surface area contributed by atoms with Gasteiger partial charge >= 0.3 is 12.3 Å². The highest BCUT2D eigenvalue weighted by Crippen LogP contribution is 2.33. The molecular formula is C15H16F3N3O5S. The van der Waals surface area contributed by atoms with E-state index < -0.39 is 30.2 Å². The summed E-state index contributed by atoms with van der Waals surface area (Å²) in [4.78, 5) is 33.8. The molecule has 1 aliphatic heterocycles. The summed E-state index contributed by atoms with van der Waals surface area (Å²) < 4.78 is 42.3. The molecule has 1 heterocycles. The van der Waals surface area contributed by atoms with Crippen LogP contribution in [-0.2, 0) is 14.4 Å². The Labute approximate surface area is 156 Å². The number of alkyl halides is 3. The number of benzene rings is 1. The van der Waals surface area contributed by atoms with Gasteiger partial charge in [-0.25, -0.2) is 9.10 Å². The zero-order valence-corrected chi connectivity index (χ0v) is 14.5. The summed E-state index contributed by atoms with van der Waals surface area (Å²) in [5.74, 6) is -2.54. The lowest BCUT2D eigenvalue weighted by Gasteiger charge is -2.37.